The number of benzene rings is 2. The van der Waals surface area contributed by atoms with Crippen molar-refractivity contribution in [1.29, 1.82) is 0 Å². The minimum atomic E-state index is -0.570. The normalized spacial score (nSPS) is 10.5. The smallest absolute Gasteiger partial charge is 0.251 e. The van der Waals surface area contributed by atoms with Gasteiger partial charge in [0.05, 0.1) is 14.2 Å². The first-order valence-electron chi connectivity index (χ1n) is 10.2. The fraction of sp³-hybridized carbons (Fsp3) is 0.391. The molecule has 6 nitrogen and oxygen atoms in total. The first-order valence-corrected chi connectivity index (χ1v) is 10.2. The van der Waals surface area contributed by atoms with Crippen LogP contribution >= 0.6 is 0 Å². The van der Waals surface area contributed by atoms with Gasteiger partial charge in [-0.1, -0.05) is 19.3 Å². The third kappa shape index (κ3) is 7.55. The number of hydrogen-bond acceptors (Lipinski definition) is 4. The van der Waals surface area contributed by atoms with Crippen LogP contribution in [0.5, 0.6) is 11.5 Å². The molecule has 0 saturated heterocycles. The molecule has 0 heterocycles. The van der Waals surface area contributed by atoms with E-state index in [1.54, 1.807) is 0 Å². The lowest BCUT2D eigenvalue weighted by molar-refractivity contribution is 0.0945. The average molecular weight is 434 g/mol. The Balaban J connectivity index is 1.54. The van der Waals surface area contributed by atoms with Crippen LogP contribution in [-0.4, -0.2) is 39.1 Å². The minimum Gasteiger partial charge on any atom is -0.494 e. The molecular formula is C23H28F2N2O4. The number of carbonyl (C=O) groups is 2. The molecule has 0 radical (unpaired) electrons. The summed E-state index contributed by atoms with van der Waals surface area (Å²) in [6, 6.07) is 8.20. The number of rotatable bonds is 12. The maximum absolute atomic E-state index is 13.6. The van der Waals surface area contributed by atoms with Gasteiger partial charge in [-0.15, -0.1) is 0 Å². The molecule has 0 fully saturated rings. The summed E-state index contributed by atoms with van der Waals surface area (Å²) in [5, 5.41) is 5.54. The van der Waals surface area contributed by atoms with Crippen molar-refractivity contribution in [2.75, 3.05) is 27.3 Å². The topological polar surface area (TPSA) is 76.7 Å². The van der Waals surface area contributed by atoms with E-state index < -0.39 is 11.6 Å². The van der Waals surface area contributed by atoms with Crippen LogP contribution in [0.3, 0.4) is 0 Å². The Hall–Kier alpha value is -3.16. The van der Waals surface area contributed by atoms with Gasteiger partial charge in [0.1, 0.15) is 0 Å². The Morgan fingerprint density at radius 1 is 0.710 bits per heavy atom. The van der Waals surface area contributed by atoms with E-state index in [9.17, 15) is 18.4 Å². The molecule has 31 heavy (non-hydrogen) atoms. The SMILES string of the molecule is COc1ccc(C(=O)NCCCCCCCNC(=O)c2ccc(OC)c(F)c2)cc1F. The van der Waals surface area contributed by atoms with Gasteiger partial charge in [0.25, 0.3) is 11.8 Å². The van der Waals surface area contributed by atoms with Gasteiger partial charge in [-0.05, 0) is 49.2 Å². The van der Waals surface area contributed by atoms with Gasteiger partial charge in [0.15, 0.2) is 23.1 Å². The molecule has 2 amide bonds. The molecular weight excluding hydrogens is 406 g/mol. The second kappa shape index (κ2) is 12.5. The second-order valence-electron chi connectivity index (χ2n) is 6.98. The maximum Gasteiger partial charge on any atom is 0.251 e. The molecule has 2 aromatic carbocycles. The van der Waals surface area contributed by atoms with Crippen LogP contribution in [0, 0.1) is 11.6 Å². The number of ether oxygens (including phenoxy) is 2. The third-order valence-corrected chi connectivity index (χ3v) is 4.75. The zero-order valence-electron chi connectivity index (χ0n) is 17.8. The van der Waals surface area contributed by atoms with Crippen LogP contribution in [0.15, 0.2) is 36.4 Å². The Morgan fingerprint density at radius 3 is 1.45 bits per heavy atom. The van der Waals surface area contributed by atoms with Gasteiger partial charge in [-0.3, -0.25) is 9.59 Å². The highest BCUT2D eigenvalue weighted by Crippen LogP contribution is 2.18. The summed E-state index contributed by atoms with van der Waals surface area (Å²) in [5.74, 6) is -1.58. The van der Waals surface area contributed by atoms with Crippen molar-refractivity contribution in [2.24, 2.45) is 0 Å². The molecule has 0 bridgehead atoms. The summed E-state index contributed by atoms with van der Waals surface area (Å²) in [6.45, 7) is 1.01. The number of carbonyl (C=O) groups excluding carboxylic acids is 2. The summed E-state index contributed by atoms with van der Waals surface area (Å²) in [4.78, 5) is 24.0. The van der Waals surface area contributed by atoms with E-state index >= 15 is 0 Å². The number of amides is 2. The molecule has 0 spiro atoms. The number of unbranched alkanes of at least 4 members (excludes halogenated alkanes) is 4. The van der Waals surface area contributed by atoms with Crippen molar-refractivity contribution in [1.82, 2.24) is 10.6 Å². The number of hydrogen-bond donors (Lipinski definition) is 2. The van der Waals surface area contributed by atoms with E-state index in [0.29, 0.717) is 13.1 Å². The molecule has 0 aromatic heterocycles. The largest absolute Gasteiger partial charge is 0.494 e. The average Bonchev–Trinajstić information content (AvgIpc) is 2.77. The van der Waals surface area contributed by atoms with Gasteiger partial charge in [-0.25, -0.2) is 8.78 Å². The second-order valence-corrected chi connectivity index (χ2v) is 6.98. The van der Waals surface area contributed by atoms with Crippen molar-refractivity contribution in [3.63, 3.8) is 0 Å². The first-order chi connectivity index (χ1) is 15.0. The molecule has 168 valence electrons. The van der Waals surface area contributed by atoms with Gasteiger partial charge in [0.2, 0.25) is 0 Å². The Kier molecular flexibility index (Phi) is 9.74. The predicted octanol–water partition coefficient (Wildman–Crippen LogP) is 4.09. The van der Waals surface area contributed by atoms with Crippen LogP contribution in [-0.2, 0) is 0 Å². The molecule has 0 aliphatic rings. The molecule has 2 N–H and O–H groups in total. The molecule has 0 saturated carbocycles. The Labute approximate surface area is 180 Å². The molecule has 0 aliphatic carbocycles. The van der Waals surface area contributed by atoms with Crippen molar-refractivity contribution in [3.05, 3.63) is 59.2 Å². The summed E-state index contributed by atoms with van der Waals surface area (Å²) >= 11 is 0. The summed E-state index contributed by atoms with van der Waals surface area (Å²) in [7, 11) is 2.74. The molecule has 2 rings (SSSR count). The number of methoxy groups -OCH3 is 2. The van der Waals surface area contributed by atoms with Crippen LogP contribution in [0.4, 0.5) is 8.78 Å². The van der Waals surface area contributed by atoms with E-state index in [1.165, 1.54) is 38.5 Å². The van der Waals surface area contributed by atoms with E-state index in [4.69, 9.17) is 9.47 Å². The highest BCUT2D eigenvalue weighted by molar-refractivity contribution is 5.94. The summed E-state index contributed by atoms with van der Waals surface area (Å²) in [5.41, 5.74) is 0.511. The number of nitrogens with one attached hydrogen (secondary N) is 2. The van der Waals surface area contributed by atoms with E-state index in [0.717, 1.165) is 44.2 Å². The molecule has 2 aromatic rings. The highest BCUT2D eigenvalue weighted by Gasteiger charge is 2.10. The third-order valence-electron chi connectivity index (χ3n) is 4.75. The first kappa shape index (κ1) is 24.1. The lowest BCUT2D eigenvalue weighted by Crippen LogP contribution is -2.25. The van der Waals surface area contributed by atoms with Crippen molar-refractivity contribution < 1.29 is 27.8 Å². The van der Waals surface area contributed by atoms with Gasteiger partial charge < -0.3 is 20.1 Å². The quantitative estimate of drug-likeness (QED) is 0.494. The van der Waals surface area contributed by atoms with Gasteiger partial charge in [-0.2, -0.15) is 0 Å². The van der Waals surface area contributed by atoms with Gasteiger partial charge >= 0.3 is 0 Å². The monoisotopic (exact) mass is 434 g/mol. The van der Waals surface area contributed by atoms with Crippen LogP contribution in [0.2, 0.25) is 0 Å². The standard InChI is InChI=1S/C23H28F2N2O4/c1-30-20-10-8-16(14-18(20)24)22(28)26-12-6-4-3-5-7-13-27-23(29)17-9-11-21(31-2)19(25)15-17/h8-11,14-15H,3-7,12-13H2,1-2H3,(H,26,28)(H,27,29). The van der Waals surface area contributed by atoms with E-state index in [1.807, 2.05) is 0 Å². The summed E-state index contributed by atoms with van der Waals surface area (Å²) in [6.07, 6.45) is 4.42. The van der Waals surface area contributed by atoms with Crippen LogP contribution in [0.25, 0.3) is 0 Å². The zero-order chi connectivity index (χ0) is 22.6. The molecule has 0 atom stereocenters. The zero-order valence-corrected chi connectivity index (χ0v) is 17.8. The maximum atomic E-state index is 13.6. The molecule has 8 heteroatoms. The van der Waals surface area contributed by atoms with E-state index in [2.05, 4.69) is 10.6 Å². The lowest BCUT2D eigenvalue weighted by Gasteiger charge is -2.08. The Morgan fingerprint density at radius 2 is 1.10 bits per heavy atom. The predicted molar refractivity (Wildman–Crippen MR) is 114 cm³/mol. The highest BCUT2D eigenvalue weighted by atomic mass is 19.1. The lowest BCUT2D eigenvalue weighted by atomic mass is 10.1. The fourth-order valence-electron chi connectivity index (χ4n) is 3.00. The minimum absolute atomic E-state index is 0.101. The molecule has 0 aliphatic heterocycles. The van der Waals surface area contributed by atoms with Crippen molar-refractivity contribution in [3.8, 4) is 11.5 Å². The van der Waals surface area contributed by atoms with Crippen molar-refractivity contribution in [2.45, 2.75) is 32.1 Å². The Bertz CT molecular complexity index is 818. The van der Waals surface area contributed by atoms with Crippen LogP contribution in [0.1, 0.15) is 52.8 Å². The fourth-order valence-corrected chi connectivity index (χ4v) is 3.00. The number of halogens is 2. The van der Waals surface area contributed by atoms with E-state index in [-0.39, 0.29) is 34.4 Å². The van der Waals surface area contributed by atoms with Crippen LogP contribution < -0.4 is 20.1 Å². The van der Waals surface area contributed by atoms with Crippen molar-refractivity contribution >= 4 is 11.8 Å². The molecule has 0 unspecified atom stereocenters. The summed E-state index contributed by atoms with van der Waals surface area (Å²) < 4.78 is 37.0. The van der Waals surface area contributed by atoms with Gasteiger partial charge in [0, 0.05) is 24.2 Å².